The minimum atomic E-state index is 0.651. The average molecular weight is 294 g/mol. The molecule has 1 aromatic heterocycles. The van der Waals surface area contributed by atoms with Gasteiger partial charge in [-0.15, -0.1) is 11.3 Å². The predicted molar refractivity (Wildman–Crippen MR) is 81.2 cm³/mol. The lowest BCUT2D eigenvalue weighted by molar-refractivity contribution is 0.415. The quantitative estimate of drug-likeness (QED) is 0.886. The first-order valence-corrected chi connectivity index (χ1v) is 7.62. The van der Waals surface area contributed by atoms with Gasteiger partial charge in [0.15, 0.2) is 0 Å². The van der Waals surface area contributed by atoms with Crippen LogP contribution in [0, 0.1) is 0 Å². The number of benzene rings is 1. The van der Waals surface area contributed by atoms with Crippen LogP contribution in [0.5, 0.6) is 5.75 Å². The molecular weight excluding hydrogens is 278 g/mol. The molecule has 19 heavy (non-hydrogen) atoms. The largest absolute Gasteiger partial charge is 0.495 e. The molecule has 1 heterocycles. The van der Waals surface area contributed by atoms with Crippen molar-refractivity contribution in [3.05, 3.63) is 40.2 Å². The van der Waals surface area contributed by atoms with E-state index < -0.39 is 0 Å². The zero-order chi connectivity index (χ0) is 13.2. The van der Waals surface area contributed by atoms with Crippen molar-refractivity contribution < 1.29 is 4.74 Å². The highest BCUT2D eigenvalue weighted by Gasteiger charge is 2.20. The second-order valence-electron chi connectivity index (χ2n) is 4.77. The summed E-state index contributed by atoms with van der Waals surface area (Å²) in [6, 6.07) is 11.0. The third kappa shape index (κ3) is 3.11. The molecule has 0 radical (unpaired) electrons. The molecule has 0 spiro atoms. The van der Waals surface area contributed by atoms with Crippen molar-refractivity contribution in [3.63, 3.8) is 0 Å². The third-order valence-corrected chi connectivity index (χ3v) is 4.69. The molecule has 1 saturated carbocycles. The highest BCUT2D eigenvalue weighted by molar-refractivity contribution is 7.15. The normalized spacial score (nSPS) is 14.6. The Kier molecular flexibility index (Phi) is 3.78. The summed E-state index contributed by atoms with van der Waals surface area (Å²) in [4.78, 5) is 2.62. The second-order valence-corrected chi connectivity index (χ2v) is 6.35. The van der Waals surface area contributed by atoms with Crippen molar-refractivity contribution in [1.82, 2.24) is 5.32 Å². The smallest absolute Gasteiger partial charge is 0.138 e. The van der Waals surface area contributed by atoms with Crippen molar-refractivity contribution >= 4 is 22.9 Å². The number of ether oxygens (including phenoxy) is 1. The summed E-state index contributed by atoms with van der Waals surface area (Å²) in [5.74, 6) is 0.727. The minimum Gasteiger partial charge on any atom is -0.495 e. The number of hydrogen-bond acceptors (Lipinski definition) is 3. The monoisotopic (exact) mass is 293 g/mol. The highest BCUT2D eigenvalue weighted by atomic mass is 35.5. The number of hydrogen-bond donors (Lipinski definition) is 1. The predicted octanol–water partition coefficient (Wildman–Crippen LogP) is 4.33. The van der Waals surface area contributed by atoms with Crippen LogP contribution < -0.4 is 10.1 Å². The summed E-state index contributed by atoms with van der Waals surface area (Å²) >= 11 is 7.87. The molecule has 4 heteroatoms. The molecule has 1 fully saturated rings. The molecule has 0 aliphatic heterocycles. The molecule has 2 nitrogen and oxygen atoms in total. The summed E-state index contributed by atoms with van der Waals surface area (Å²) in [6.45, 7) is 0.972. The van der Waals surface area contributed by atoms with Crippen LogP contribution in [0.15, 0.2) is 30.3 Å². The molecule has 2 aromatic rings. The van der Waals surface area contributed by atoms with Gasteiger partial charge < -0.3 is 10.1 Å². The molecule has 0 bridgehead atoms. The van der Waals surface area contributed by atoms with Crippen molar-refractivity contribution in [2.75, 3.05) is 7.11 Å². The molecule has 100 valence electrons. The van der Waals surface area contributed by atoms with E-state index in [1.54, 1.807) is 7.11 Å². The zero-order valence-corrected chi connectivity index (χ0v) is 12.4. The molecule has 0 saturated heterocycles. The molecule has 0 atom stereocenters. The second kappa shape index (κ2) is 5.53. The van der Waals surface area contributed by atoms with Crippen LogP contribution in [0.4, 0.5) is 0 Å². The fourth-order valence-corrected chi connectivity index (χ4v) is 3.12. The molecular formula is C15H16ClNOS. The number of methoxy groups -OCH3 is 1. The molecule has 0 unspecified atom stereocenters. The van der Waals surface area contributed by atoms with Crippen LogP contribution in [0.1, 0.15) is 17.7 Å². The Balaban J connectivity index is 1.77. The fraction of sp³-hybridized carbons (Fsp3) is 0.333. The van der Waals surface area contributed by atoms with Gasteiger partial charge in [0.05, 0.1) is 12.1 Å². The van der Waals surface area contributed by atoms with Gasteiger partial charge in [-0.25, -0.2) is 0 Å². The van der Waals surface area contributed by atoms with Gasteiger partial charge in [-0.1, -0.05) is 17.7 Å². The number of thiophene rings is 1. The molecule has 3 rings (SSSR count). The topological polar surface area (TPSA) is 21.3 Å². The van der Waals surface area contributed by atoms with E-state index in [-0.39, 0.29) is 0 Å². The molecule has 1 aliphatic rings. The Hall–Kier alpha value is -1.03. The van der Waals surface area contributed by atoms with Crippen LogP contribution in [-0.4, -0.2) is 13.2 Å². The van der Waals surface area contributed by atoms with Gasteiger partial charge in [0.1, 0.15) is 5.75 Å². The van der Waals surface area contributed by atoms with Gasteiger partial charge in [-0.2, -0.15) is 0 Å². The van der Waals surface area contributed by atoms with E-state index in [2.05, 4.69) is 17.4 Å². The SMILES string of the molecule is COc1cc(-c2ccc(CNC3CC3)s2)ccc1Cl. The lowest BCUT2D eigenvalue weighted by Crippen LogP contribution is -2.14. The first-order valence-electron chi connectivity index (χ1n) is 6.42. The van der Waals surface area contributed by atoms with Crippen molar-refractivity contribution in [3.8, 4) is 16.2 Å². The highest BCUT2D eigenvalue weighted by Crippen LogP contribution is 2.34. The van der Waals surface area contributed by atoms with Crippen LogP contribution in [0.2, 0.25) is 5.02 Å². The van der Waals surface area contributed by atoms with Gasteiger partial charge in [-0.3, -0.25) is 0 Å². The number of halogens is 1. The Morgan fingerprint density at radius 2 is 2.16 bits per heavy atom. The van der Waals surface area contributed by atoms with Crippen molar-refractivity contribution in [2.45, 2.75) is 25.4 Å². The fourth-order valence-electron chi connectivity index (χ4n) is 1.97. The van der Waals surface area contributed by atoms with Gasteiger partial charge in [-0.05, 0) is 42.7 Å². The lowest BCUT2D eigenvalue weighted by atomic mass is 10.2. The summed E-state index contributed by atoms with van der Waals surface area (Å²) in [5, 5.41) is 4.19. The van der Waals surface area contributed by atoms with Crippen LogP contribution in [-0.2, 0) is 6.54 Å². The van der Waals surface area contributed by atoms with Gasteiger partial charge >= 0.3 is 0 Å². The summed E-state index contributed by atoms with van der Waals surface area (Å²) in [6.07, 6.45) is 2.65. The summed E-state index contributed by atoms with van der Waals surface area (Å²) in [7, 11) is 1.64. The van der Waals surface area contributed by atoms with Gasteiger partial charge in [0, 0.05) is 22.3 Å². The Labute approximate surface area is 122 Å². The maximum atomic E-state index is 6.05. The van der Waals surface area contributed by atoms with E-state index in [0.29, 0.717) is 5.02 Å². The van der Waals surface area contributed by atoms with E-state index in [4.69, 9.17) is 16.3 Å². The third-order valence-electron chi connectivity index (χ3n) is 3.24. The lowest BCUT2D eigenvalue weighted by Gasteiger charge is -2.05. The van der Waals surface area contributed by atoms with Crippen LogP contribution in [0.3, 0.4) is 0 Å². The molecule has 1 aromatic carbocycles. The molecule has 1 aliphatic carbocycles. The Morgan fingerprint density at radius 1 is 1.32 bits per heavy atom. The first-order chi connectivity index (χ1) is 9.26. The average Bonchev–Trinajstić information content (AvgIpc) is 3.14. The van der Waals surface area contributed by atoms with E-state index >= 15 is 0 Å². The Morgan fingerprint density at radius 3 is 2.89 bits per heavy atom. The van der Waals surface area contributed by atoms with E-state index in [0.717, 1.165) is 23.9 Å². The Bertz CT molecular complexity index is 577. The zero-order valence-electron chi connectivity index (χ0n) is 10.8. The number of nitrogens with one attached hydrogen (secondary N) is 1. The summed E-state index contributed by atoms with van der Waals surface area (Å²) in [5.41, 5.74) is 1.16. The van der Waals surface area contributed by atoms with Crippen LogP contribution in [0.25, 0.3) is 10.4 Å². The van der Waals surface area contributed by atoms with Crippen molar-refractivity contribution in [2.24, 2.45) is 0 Å². The minimum absolute atomic E-state index is 0.651. The van der Waals surface area contributed by atoms with Gasteiger partial charge in [0.25, 0.3) is 0 Å². The molecule has 0 amide bonds. The standard InChI is InChI=1S/C15H16ClNOS/c1-18-14-8-10(2-6-13(14)16)15-7-5-12(19-15)9-17-11-3-4-11/h2,5-8,11,17H,3-4,9H2,1H3. The van der Waals surface area contributed by atoms with E-state index in [1.807, 2.05) is 29.5 Å². The maximum absolute atomic E-state index is 6.05. The first kappa shape index (κ1) is 13.0. The maximum Gasteiger partial charge on any atom is 0.138 e. The van der Waals surface area contributed by atoms with Gasteiger partial charge in [0.2, 0.25) is 0 Å². The van der Waals surface area contributed by atoms with Crippen molar-refractivity contribution in [1.29, 1.82) is 0 Å². The van der Waals surface area contributed by atoms with Crippen LogP contribution >= 0.6 is 22.9 Å². The number of rotatable bonds is 5. The van der Waals surface area contributed by atoms with E-state index in [1.165, 1.54) is 22.6 Å². The summed E-state index contributed by atoms with van der Waals surface area (Å²) < 4.78 is 5.26. The van der Waals surface area contributed by atoms with E-state index in [9.17, 15) is 0 Å². The molecule has 1 N–H and O–H groups in total.